The van der Waals surface area contributed by atoms with Crippen molar-refractivity contribution in [2.24, 2.45) is 10.8 Å². The summed E-state index contributed by atoms with van der Waals surface area (Å²) in [4.78, 5) is 27.5. The van der Waals surface area contributed by atoms with Crippen LogP contribution in [-0.2, 0) is 20.5 Å². The van der Waals surface area contributed by atoms with E-state index in [1.807, 2.05) is 0 Å². The maximum atomic E-state index is 13.4. The standard InChI is InChI=1S/C19H18F3NO4/c1-16-13-8-11(9-24)18(3,27-13)17(16,2)15(26)23(14(16)25)12-6-4-5-10(7-12)19(20,21)22/h4-8,13,24H,9H2,1-3H3/t13?,16-,17+,18?/m1/s1. The number of rotatable bonds is 2. The Kier molecular flexibility index (Phi) is 3.36. The van der Waals surface area contributed by atoms with Crippen molar-refractivity contribution in [1.82, 2.24) is 0 Å². The van der Waals surface area contributed by atoms with Crippen LogP contribution in [-0.4, -0.2) is 35.2 Å². The fourth-order valence-electron chi connectivity index (χ4n) is 4.78. The van der Waals surface area contributed by atoms with Crippen LogP contribution in [0.15, 0.2) is 35.9 Å². The van der Waals surface area contributed by atoms with Crippen LogP contribution in [0.1, 0.15) is 26.3 Å². The van der Waals surface area contributed by atoms with Gasteiger partial charge in [0.25, 0.3) is 0 Å². The maximum Gasteiger partial charge on any atom is 0.416 e. The third-order valence-electron chi connectivity index (χ3n) is 6.77. The molecule has 0 radical (unpaired) electrons. The Morgan fingerprint density at radius 1 is 1.19 bits per heavy atom. The highest BCUT2D eigenvalue weighted by Crippen LogP contribution is 2.68. The molecule has 0 aliphatic carbocycles. The number of aliphatic hydroxyl groups is 1. The van der Waals surface area contributed by atoms with E-state index < -0.39 is 46.1 Å². The van der Waals surface area contributed by atoms with E-state index in [-0.39, 0.29) is 12.3 Å². The average molecular weight is 381 g/mol. The zero-order valence-electron chi connectivity index (χ0n) is 14.9. The van der Waals surface area contributed by atoms with E-state index in [4.69, 9.17) is 4.74 Å². The molecule has 3 aliphatic rings. The molecule has 4 atom stereocenters. The van der Waals surface area contributed by atoms with Gasteiger partial charge in [-0.25, -0.2) is 4.90 Å². The predicted molar refractivity (Wildman–Crippen MR) is 88.6 cm³/mol. The van der Waals surface area contributed by atoms with E-state index >= 15 is 0 Å². The predicted octanol–water partition coefficient (Wildman–Crippen LogP) is 2.68. The van der Waals surface area contributed by atoms with Crippen LogP contribution in [0.25, 0.3) is 0 Å². The molecule has 2 amide bonds. The minimum Gasteiger partial charge on any atom is -0.392 e. The third kappa shape index (κ3) is 1.82. The number of anilines is 1. The molecule has 27 heavy (non-hydrogen) atoms. The molecule has 2 saturated heterocycles. The Balaban J connectivity index is 1.86. The van der Waals surface area contributed by atoms with E-state index in [0.717, 1.165) is 17.0 Å². The first kappa shape index (κ1) is 18.2. The molecule has 2 bridgehead atoms. The van der Waals surface area contributed by atoms with Crippen LogP contribution in [0.5, 0.6) is 0 Å². The molecule has 2 unspecified atom stereocenters. The van der Waals surface area contributed by atoms with Crippen LogP contribution in [0.2, 0.25) is 0 Å². The second-order valence-corrected chi connectivity index (χ2v) is 7.74. The summed E-state index contributed by atoms with van der Waals surface area (Å²) in [5.74, 6) is -1.23. The molecular weight excluding hydrogens is 363 g/mol. The minimum absolute atomic E-state index is 0.120. The molecule has 4 rings (SSSR count). The molecule has 0 spiro atoms. The molecule has 0 aromatic heterocycles. The summed E-state index contributed by atoms with van der Waals surface area (Å²) in [7, 11) is 0. The molecule has 1 aromatic rings. The van der Waals surface area contributed by atoms with Crippen LogP contribution >= 0.6 is 0 Å². The lowest BCUT2D eigenvalue weighted by molar-refractivity contribution is -0.138. The first-order chi connectivity index (χ1) is 12.4. The zero-order chi connectivity index (χ0) is 20.0. The van der Waals surface area contributed by atoms with Crippen molar-refractivity contribution in [3.63, 3.8) is 0 Å². The van der Waals surface area contributed by atoms with Crippen LogP contribution in [0.3, 0.4) is 0 Å². The van der Waals surface area contributed by atoms with Crippen molar-refractivity contribution >= 4 is 17.5 Å². The number of amides is 2. The van der Waals surface area contributed by atoms with Crippen molar-refractivity contribution in [2.45, 2.75) is 38.7 Å². The normalized spacial score (nSPS) is 37.8. The Morgan fingerprint density at radius 3 is 2.44 bits per heavy atom. The lowest BCUT2D eigenvalue weighted by Gasteiger charge is -2.42. The Bertz CT molecular complexity index is 910. The fourth-order valence-corrected chi connectivity index (χ4v) is 4.78. The minimum atomic E-state index is -4.59. The van der Waals surface area contributed by atoms with Gasteiger partial charge >= 0.3 is 6.18 Å². The molecular formula is C19H18F3NO4. The number of hydrogen-bond acceptors (Lipinski definition) is 4. The number of halogens is 3. The Labute approximate surface area is 153 Å². The molecule has 0 saturated carbocycles. The summed E-state index contributed by atoms with van der Waals surface area (Å²) >= 11 is 0. The molecule has 1 aromatic carbocycles. The van der Waals surface area contributed by atoms with Crippen LogP contribution in [0, 0.1) is 10.8 Å². The molecule has 2 fully saturated rings. The number of fused-ring (bicyclic) bond motifs is 5. The molecule has 1 N–H and O–H groups in total. The van der Waals surface area contributed by atoms with Crippen molar-refractivity contribution in [1.29, 1.82) is 0 Å². The number of carbonyl (C=O) groups is 2. The average Bonchev–Trinajstić information content (AvgIpc) is 3.10. The zero-order valence-corrected chi connectivity index (χ0v) is 14.9. The van der Waals surface area contributed by atoms with Gasteiger partial charge in [-0.1, -0.05) is 12.1 Å². The van der Waals surface area contributed by atoms with E-state index in [9.17, 15) is 27.9 Å². The number of imide groups is 1. The maximum absolute atomic E-state index is 13.4. The smallest absolute Gasteiger partial charge is 0.392 e. The van der Waals surface area contributed by atoms with Gasteiger partial charge < -0.3 is 9.84 Å². The summed E-state index contributed by atoms with van der Waals surface area (Å²) in [6.07, 6.45) is -3.68. The highest BCUT2D eigenvalue weighted by molar-refractivity contribution is 6.26. The van der Waals surface area contributed by atoms with Gasteiger partial charge in [-0.05, 0) is 44.5 Å². The van der Waals surface area contributed by atoms with Gasteiger partial charge in [-0.3, -0.25) is 9.59 Å². The lowest BCUT2D eigenvalue weighted by Crippen LogP contribution is -2.54. The SMILES string of the molecule is CC12OC(C=C1CO)[C@]1(C)C(=O)N(c3cccc(C(F)(F)F)c3)C(=O)[C@]21C. The second kappa shape index (κ2) is 4.99. The number of ether oxygens (including phenoxy) is 1. The summed E-state index contributed by atoms with van der Waals surface area (Å²) in [5, 5.41) is 9.65. The molecule has 8 heteroatoms. The van der Waals surface area contributed by atoms with Crippen molar-refractivity contribution in [3.05, 3.63) is 41.5 Å². The first-order valence-electron chi connectivity index (χ1n) is 8.49. The lowest BCUT2D eigenvalue weighted by atomic mass is 9.55. The Hall–Kier alpha value is -2.19. The van der Waals surface area contributed by atoms with E-state index in [1.165, 1.54) is 12.1 Å². The number of nitrogens with zero attached hydrogens (tertiary/aromatic N) is 1. The molecule has 5 nitrogen and oxygen atoms in total. The number of aliphatic hydroxyl groups excluding tert-OH is 1. The highest BCUT2D eigenvalue weighted by atomic mass is 19.4. The van der Waals surface area contributed by atoms with Crippen molar-refractivity contribution in [3.8, 4) is 0 Å². The van der Waals surface area contributed by atoms with E-state index in [0.29, 0.717) is 5.57 Å². The molecule has 3 aliphatic heterocycles. The van der Waals surface area contributed by atoms with Crippen LogP contribution in [0.4, 0.5) is 18.9 Å². The van der Waals surface area contributed by atoms with Gasteiger partial charge in [0.1, 0.15) is 5.60 Å². The van der Waals surface area contributed by atoms with E-state index in [2.05, 4.69) is 0 Å². The highest BCUT2D eigenvalue weighted by Gasteiger charge is 2.81. The largest absolute Gasteiger partial charge is 0.416 e. The summed E-state index contributed by atoms with van der Waals surface area (Å²) < 4.78 is 45.2. The number of carbonyl (C=O) groups excluding carboxylic acids is 2. The monoisotopic (exact) mass is 381 g/mol. The van der Waals surface area contributed by atoms with Gasteiger partial charge in [-0.2, -0.15) is 13.2 Å². The molecule has 3 heterocycles. The quantitative estimate of drug-likeness (QED) is 0.632. The fraction of sp³-hybridized carbons (Fsp3) is 0.474. The van der Waals surface area contributed by atoms with E-state index in [1.54, 1.807) is 26.8 Å². The van der Waals surface area contributed by atoms with Gasteiger partial charge in [0.05, 0.1) is 34.8 Å². The third-order valence-corrected chi connectivity index (χ3v) is 6.77. The van der Waals surface area contributed by atoms with Gasteiger partial charge in [-0.15, -0.1) is 0 Å². The summed E-state index contributed by atoms with van der Waals surface area (Å²) in [6, 6.07) is 4.17. The molecule has 144 valence electrons. The first-order valence-corrected chi connectivity index (χ1v) is 8.49. The Morgan fingerprint density at radius 2 is 1.85 bits per heavy atom. The number of alkyl halides is 3. The summed E-state index contributed by atoms with van der Waals surface area (Å²) in [6.45, 7) is 4.50. The number of benzene rings is 1. The van der Waals surface area contributed by atoms with Gasteiger partial charge in [0, 0.05) is 0 Å². The number of hydrogen-bond donors (Lipinski definition) is 1. The van der Waals surface area contributed by atoms with Gasteiger partial charge in [0.2, 0.25) is 11.8 Å². The summed E-state index contributed by atoms with van der Waals surface area (Å²) in [5.41, 5.74) is -4.38. The second-order valence-electron chi connectivity index (χ2n) is 7.74. The van der Waals surface area contributed by atoms with Crippen molar-refractivity contribution in [2.75, 3.05) is 11.5 Å². The van der Waals surface area contributed by atoms with Gasteiger partial charge in [0.15, 0.2) is 0 Å². The van der Waals surface area contributed by atoms with Crippen molar-refractivity contribution < 1.29 is 32.6 Å². The topological polar surface area (TPSA) is 66.8 Å². The van der Waals surface area contributed by atoms with Crippen LogP contribution < -0.4 is 4.90 Å².